The number of benzene rings is 3. The van der Waals surface area contributed by atoms with Gasteiger partial charge in [0.1, 0.15) is 0 Å². The van der Waals surface area contributed by atoms with E-state index >= 15 is 0 Å². The molecule has 11 heteroatoms. The molecule has 0 fully saturated rings. The fraction of sp³-hybridized carbons (Fsp3) is 0.125. The number of carbonyl (C=O) groups excluding carboxylic acids is 1. The number of anilines is 1. The molecule has 0 bridgehead atoms. The van der Waals surface area contributed by atoms with Crippen molar-refractivity contribution in [1.29, 1.82) is 0 Å². The van der Waals surface area contributed by atoms with Crippen LogP contribution in [-0.4, -0.2) is 24.5 Å². The molecule has 180 valence electrons. The van der Waals surface area contributed by atoms with Crippen LogP contribution in [0.4, 0.5) is 5.13 Å². The molecule has 0 saturated heterocycles. The Bertz CT molecular complexity index is 1490. The lowest BCUT2D eigenvalue weighted by Gasteiger charge is -2.21. The van der Waals surface area contributed by atoms with Crippen molar-refractivity contribution in [2.24, 2.45) is 0 Å². The number of carbonyl (C=O) groups is 1. The second kappa shape index (κ2) is 10.4. The maximum atomic E-state index is 13.3. The van der Waals surface area contributed by atoms with Gasteiger partial charge in [-0.05, 0) is 48.7 Å². The summed E-state index contributed by atoms with van der Waals surface area (Å²) < 4.78 is 29.0. The SMILES string of the molecule is Cc1ccc(C(NS(=O)(=O)c2nnc(NC(=O)c3ccc(Cl)cc3Cl)s2)c2ccccc2)c(C)c1. The van der Waals surface area contributed by atoms with Crippen LogP contribution in [0.5, 0.6) is 0 Å². The number of hydrogen-bond donors (Lipinski definition) is 2. The smallest absolute Gasteiger partial charge is 0.270 e. The first-order valence-electron chi connectivity index (χ1n) is 10.4. The number of aromatic nitrogens is 2. The number of rotatable bonds is 7. The first kappa shape index (κ1) is 25.3. The van der Waals surface area contributed by atoms with Crippen molar-refractivity contribution >= 4 is 55.6 Å². The molecule has 0 aliphatic carbocycles. The molecule has 1 amide bonds. The van der Waals surface area contributed by atoms with E-state index in [2.05, 4.69) is 20.2 Å². The van der Waals surface area contributed by atoms with E-state index in [-0.39, 0.29) is 20.1 Å². The summed E-state index contributed by atoms with van der Waals surface area (Å²) in [5.74, 6) is -0.558. The van der Waals surface area contributed by atoms with Crippen molar-refractivity contribution in [1.82, 2.24) is 14.9 Å². The zero-order valence-corrected chi connectivity index (χ0v) is 21.8. The zero-order valence-electron chi connectivity index (χ0n) is 18.6. The Morgan fingerprint density at radius 1 is 0.971 bits per heavy atom. The molecule has 4 aromatic rings. The average Bonchev–Trinajstić information content (AvgIpc) is 3.28. The first-order valence-corrected chi connectivity index (χ1v) is 13.4. The van der Waals surface area contributed by atoms with Crippen LogP contribution < -0.4 is 10.0 Å². The van der Waals surface area contributed by atoms with Crippen LogP contribution >= 0.6 is 34.5 Å². The number of amides is 1. The summed E-state index contributed by atoms with van der Waals surface area (Å²) in [6.07, 6.45) is 0. The Kier molecular flexibility index (Phi) is 7.53. The molecule has 1 atom stereocenters. The summed E-state index contributed by atoms with van der Waals surface area (Å²) in [7, 11) is -4.08. The number of aryl methyl sites for hydroxylation is 2. The van der Waals surface area contributed by atoms with Crippen molar-refractivity contribution in [3.8, 4) is 0 Å². The van der Waals surface area contributed by atoms with Gasteiger partial charge in [0, 0.05) is 5.02 Å². The Morgan fingerprint density at radius 3 is 2.40 bits per heavy atom. The van der Waals surface area contributed by atoms with Gasteiger partial charge in [-0.15, -0.1) is 10.2 Å². The largest absolute Gasteiger partial charge is 0.296 e. The van der Waals surface area contributed by atoms with E-state index in [0.717, 1.165) is 33.6 Å². The van der Waals surface area contributed by atoms with Crippen molar-refractivity contribution in [2.45, 2.75) is 24.2 Å². The van der Waals surface area contributed by atoms with E-state index < -0.39 is 22.0 Å². The molecule has 0 spiro atoms. The molecule has 1 aromatic heterocycles. The highest BCUT2D eigenvalue weighted by atomic mass is 35.5. The fourth-order valence-corrected chi connectivity index (χ4v) is 6.13. The first-order chi connectivity index (χ1) is 16.6. The van der Waals surface area contributed by atoms with Gasteiger partial charge in [0.2, 0.25) is 9.47 Å². The van der Waals surface area contributed by atoms with Crippen molar-refractivity contribution in [3.05, 3.63) is 105 Å². The highest BCUT2D eigenvalue weighted by molar-refractivity contribution is 7.91. The van der Waals surface area contributed by atoms with E-state index in [1.54, 1.807) is 0 Å². The molecule has 4 rings (SSSR count). The summed E-state index contributed by atoms with van der Waals surface area (Å²) in [5, 5.41) is 10.7. The lowest BCUT2D eigenvalue weighted by Crippen LogP contribution is -2.30. The van der Waals surface area contributed by atoms with Crippen molar-refractivity contribution in [3.63, 3.8) is 0 Å². The van der Waals surface area contributed by atoms with E-state index in [4.69, 9.17) is 23.2 Å². The molecule has 0 aliphatic heterocycles. The van der Waals surface area contributed by atoms with Gasteiger partial charge in [-0.2, -0.15) is 4.72 Å². The molecule has 2 N–H and O–H groups in total. The number of halogens is 2. The lowest BCUT2D eigenvalue weighted by atomic mass is 9.95. The minimum Gasteiger partial charge on any atom is -0.296 e. The topological polar surface area (TPSA) is 101 Å². The van der Waals surface area contributed by atoms with E-state index in [1.165, 1.54) is 18.2 Å². The third-order valence-corrected chi connectivity index (χ3v) is 8.35. The summed E-state index contributed by atoms with van der Waals surface area (Å²) in [5.41, 5.74) is 3.80. The average molecular weight is 547 g/mol. The molecule has 0 radical (unpaired) electrons. The van der Waals surface area contributed by atoms with Gasteiger partial charge in [-0.1, -0.05) is 88.6 Å². The highest BCUT2D eigenvalue weighted by Crippen LogP contribution is 2.29. The second-order valence-corrected chi connectivity index (χ2v) is 11.5. The Hall–Kier alpha value is -2.82. The Labute approximate surface area is 217 Å². The number of sulfonamides is 1. The van der Waals surface area contributed by atoms with Crippen molar-refractivity contribution < 1.29 is 13.2 Å². The minimum absolute atomic E-state index is 0.0177. The van der Waals surface area contributed by atoms with Crippen LogP contribution in [0.15, 0.2) is 71.1 Å². The molecule has 0 saturated carbocycles. The zero-order chi connectivity index (χ0) is 25.2. The van der Waals surface area contributed by atoms with Crippen LogP contribution in [0.25, 0.3) is 0 Å². The van der Waals surface area contributed by atoms with Gasteiger partial charge in [0.25, 0.3) is 15.9 Å². The highest BCUT2D eigenvalue weighted by Gasteiger charge is 2.27. The third-order valence-electron chi connectivity index (χ3n) is 5.17. The fourth-order valence-electron chi connectivity index (χ4n) is 3.52. The molecule has 35 heavy (non-hydrogen) atoms. The minimum atomic E-state index is -4.08. The maximum absolute atomic E-state index is 13.3. The van der Waals surface area contributed by atoms with Crippen LogP contribution in [0.3, 0.4) is 0 Å². The van der Waals surface area contributed by atoms with E-state index in [0.29, 0.717) is 5.02 Å². The Balaban J connectivity index is 1.60. The molecular weight excluding hydrogens is 527 g/mol. The van der Waals surface area contributed by atoms with Crippen LogP contribution in [0.1, 0.15) is 38.7 Å². The molecule has 1 heterocycles. The molecule has 3 aromatic carbocycles. The number of nitrogens with one attached hydrogen (secondary N) is 2. The summed E-state index contributed by atoms with van der Waals surface area (Å²) >= 11 is 12.7. The monoisotopic (exact) mass is 546 g/mol. The van der Waals surface area contributed by atoms with Crippen molar-refractivity contribution in [2.75, 3.05) is 5.32 Å². The second-order valence-electron chi connectivity index (χ2n) is 7.78. The summed E-state index contributed by atoms with van der Waals surface area (Å²) in [6, 6.07) is 18.9. The van der Waals surface area contributed by atoms with Crippen LogP contribution in [0.2, 0.25) is 10.0 Å². The van der Waals surface area contributed by atoms with Gasteiger partial charge in [0.05, 0.1) is 16.6 Å². The van der Waals surface area contributed by atoms with Crippen LogP contribution in [-0.2, 0) is 10.0 Å². The summed E-state index contributed by atoms with van der Waals surface area (Å²) in [4.78, 5) is 12.6. The van der Waals surface area contributed by atoms with Gasteiger partial charge in [-0.25, -0.2) is 8.42 Å². The molecular formula is C24H20Cl2N4O3S2. The predicted molar refractivity (Wildman–Crippen MR) is 139 cm³/mol. The Morgan fingerprint density at radius 2 is 1.71 bits per heavy atom. The van der Waals surface area contributed by atoms with Gasteiger partial charge in [0.15, 0.2) is 0 Å². The normalized spacial score (nSPS) is 12.3. The molecule has 1 unspecified atom stereocenters. The van der Waals surface area contributed by atoms with Gasteiger partial charge >= 0.3 is 0 Å². The molecule has 7 nitrogen and oxygen atoms in total. The number of hydrogen-bond acceptors (Lipinski definition) is 6. The predicted octanol–water partition coefficient (Wildman–Crippen LogP) is 5.78. The summed E-state index contributed by atoms with van der Waals surface area (Å²) in [6.45, 7) is 3.92. The van der Waals surface area contributed by atoms with E-state index in [9.17, 15) is 13.2 Å². The van der Waals surface area contributed by atoms with Gasteiger partial charge in [-0.3, -0.25) is 10.1 Å². The van der Waals surface area contributed by atoms with Gasteiger partial charge < -0.3 is 0 Å². The van der Waals surface area contributed by atoms with Crippen LogP contribution in [0, 0.1) is 13.8 Å². The lowest BCUT2D eigenvalue weighted by molar-refractivity contribution is 0.102. The quantitative estimate of drug-likeness (QED) is 0.286. The standard InChI is InChI=1S/C24H20Cl2N4O3S2/c1-14-8-10-18(15(2)12-14)21(16-6-4-3-5-7-16)30-35(32,33)24-29-28-23(34-24)27-22(31)19-11-9-17(25)13-20(19)26/h3-13,21,30H,1-2H3,(H,27,28,31). The molecule has 0 aliphatic rings. The maximum Gasteiger partial charge on any atom is 0.270 e. The van der Waals surface area contributed by atoms with E-state index in [1.807, 2.05) is 62.4 Å². The number of nitrogens with zero attached hydrogens (tertiary/aromatic N) is 2. The third kappa shape index (κ3) is 5.88.